The van der Waals surface area contributed by atoms with Crippen molar-refractivity contribution in [3.8, 4) is 0 Å². The zero-order valence-corrected chi connectivity index (χ0v) is 14.6. The van der Waals surface area contributed by atoms with Crippen LogP contribution in [0, 0.1) is 0 Å². The van der Waals surface area contributed by atoms with Crippen molar-refractivity contribution in [3.63, 3.8) is 0 Å². The van der Waals surface area contributed by atoms with E-state index in [1.807, 2.05) is 67.6 Å². The summed E-state index contributed by atoms with van der Waals surface area (Å²) in [6.45, 7) is 2.69. The van der Waals surface area contributed by atoms with Crippen molar-refractivity contribution >= 4 is 11.6 Å². The second-order valence-electron chi connectivity index (χ2n) is 6.79. The van der Waals surface area contributed by atoms with Gasteiger partial charge in [0, 0.05) is 11.7 Å². The molecule has 0 spiro atoms. The zero-order chi connectivity index (χ0) is 17.6. The van der Waals surface area contributed by atoms with Crippen LogP contribution >= 0.6 is 0 Å². The number of para-hydroxylation sites is 1. The van der Waals surface area contributed by atoms with Gasteiger partial charge in [-0.1, -0.05) is 48.5 Å². The monoisotopic (exact) mass is 338 g/mol. The van der Waals surface area contributed by atoms with Gasteiger partial charge in [0.15, 0.2) is 0 Å². The highest BCUT2D eigenvalue weighted by atomic mass is 16.3. The summed E-state index contributed by atoms with van der Waals surface area (Å²) in [7, 11) is 0. The predicted octanol–water partition coefficient (Wildman–Crippen LogP) is 3.60. The van der Waals surface area contributed by atoms with Gasteiger partial charge in [0.2, 0.25) is 5.91 Å². The molecule has 0 aliphatic carbocycles. The lowest BCUT2D eigenvalue weighted by Gasteiger charge is -2.33. The normalized spacial score (nSPS) is 20.2. The third-order valence-corrected chi connectivity index (χ3v) is 4.77. The first-order valence-corrected chi connectivity index (χ1v) is 9.00. The maximum Gasteiger partial charge on any atom is 0.246 e. The number of benzene rings is 2. The van der Waals surface area contributed by atoms with Crippen LogP contribution in [0.4, 0.5) is 5.69 Å². The highest BCUT2D eigenvalue weighted by molar-refractivity contribution is 5.95. The first-order valence-electron chi connectivity index (χ1n) is 9.00. The van der Waals surface area contributed by atoms with Gasteiger partial charge >= 0.3 is 0 Å². The van der Waals surface area contributed by atoms with Crippen molar-refractivity contribution < 1.29 is 9.90 Å². The van der Waals surface area contributed by atoms with Crippen molar-refractivity contribution in [3.05, 3.63) is 66.2 Å². The summed E-state index contributed by atoms with van der Waals surface area (Å²) >= 11 is 0. The topological polar surface area (TPSA) is 52.6 Å². The first-order chi connectivity index (χ1) is 12.1. The van der Waals surface area contributed by atoms with Gasteiger partial charge in [0.1, 0.15) is 6.04 Å². The van der Waals surface area contributed by atoms with Crippen molar-refractivity contribution in [2.24, 2.45) is 0 Å². The van der Waals surface area contributed by atoms with Crippen LogP contribution in [0.3, 0.4) is 0 Å². The van der Waals surface area contributed by atoms with Crippen molar-refractivity contribution in [2.75, 3.05) is 11.9 Å². The minimum Gasteiger partial charge on any atom is -0.393 e. The molecule has 1 amide bonds. The second kappa shape index (κ2) is 8.28. The van der Waals surface area contributed by atoms with Gasteiger partial charge in [-0.2, -0.15) is 0 Å². The van der Waals surface area contributed by atoms with Crippen LogP contribution in [-0.4, -0.2) is 34.6 Å². The summed E-state index contributed by atoms with van der Waals surface area (Å²) in [6.07, 6.45) is 2.41. The summed E-state index contributed by atoms with van der Waals surface area (Å²) in [5.41, 5.74) is 1.80. The number of rotatable bonds is 6. The smallest absolute Gasteiger partial charge is 0.246 e. The maximum absolute atomic E-state index is 13.1. The van der Waals surface area contributed by atoms with Crippen molar-refractivity contribution in [1.29, 1.82) is 0 Å². The van der Waals surface area contributed by atoms with Crippen LogP contribution < -0.4 is 5.32 Å². The quantitative estimate of drug-likeness (QED) is 0.846. The SMILES string of the molecule is CC(O)CC1CCCN1C(C(=O)Nc1ccccc1)c1ccccc1. The predicted molar refractivity (Wildman–Crippen MR) is 100 cm³/mol. The molecule has 3 unspecified atom stereocenters. The molecule has 1 saturated heterocycles. The molecule has 1 heterocycles. The highest BCUT2D eigenvalue weighted by Gasteiger charge is 2.36. The fourth-order valence-corrected chi connectivity index (χ4v) is 3.71. The number of aliphatic hydroxyl groups is 1. The number of hydrogen-bond donors (Lipinski definition) is 2. The molecule has 4 heteroatoms. The molecule has 0 radical (unpaired) electrons. The van der Waals surface area contributed by atoms with Crippen LogP contribution in [0.1, 0.15) is 37.8 Å². The fraction of sp³-hybridized carbons (Fsp3) is 0.381. The maximum atomic E-state index is 13.1. The van der Waals surface area contributed by atoms with Gasteiger partial charge in [-0.25, -0.2) is 0 Å². The van der Waals surface area contributed by atoms with E-state index in [1.165, 1.54) is 0 Å². The van der Waals surface area contributed by atoms with Crippen molar-refractivity contribution in [1.82, 2.24) is 4.90 Å². The number of nitrogens with one attached hydrogen (secondary N) is 1. The Morgan fingerprint density at radius 1 is 1.16 bits per heavy atom. The van der Waals surface area contributed by atoms with Gasteiger partial charge in [-0.3, -0.25) is 9.69 Å². The van der Waals surface area contributed by atoms with E-state index in [0.717, 1.165) is 30.6 Å². The Balaban J connectivity index is 1.86. The summed E-state index contributed by atoms with van der Waals surface area (Å²) in [5.74, 6) is -0.0186. The second-order valence-corrected chi connectivity index (χ2v) is 6.79. The fourth-order valence-electron chi connectivity index (χ4n) is 3.71. The molecule has 2 aromatic rings. The van der Waals surface area contributed by atoms with E-state index < -0.39 is 0 Å². The molecule has 3 atom stereocenters. The van der Waals surface area contributed by atoms with Crippen LogP contribution in [0.2, 0.25) is 0 Å². The molecule has 1 aliphatic heterocycles. The summed E-state index contributed by atoms with van der Waals surface area (Å²) in [5, 5.41) is 12.9. The minimum atomic E-state index is -0.362. The van der Waals surface area contributed by atoms with Crippen LogP contribution in [-0.2, 0) is 4.79 Å². The average molecular weight is 338 g/mol. The zero-order valence-electron chi connectivity index (χ0n) is 14.6. The van der Waals surface area contributed by atoms with Gasteiger partial charge in [-0.15, -0.1) is 0 Å². The molecule has 1 aliphatic rings. The Hall–Kier alpha value is -2.17. The number of likely N-dealkylation sites (tertiary alicyclic amines) is 1. The lowest BCUT2D eigenvalue weighted by Crippen LogP contribution is -2.41. The molecule has 2 N–H and O–H groups in total. The number of hydrogen-bond acceptors (Lipinski definition) is 3. The van der Waals surface area contributed by atoms with Gasteiger partial charge in [-0.05, 0) is 50.4 Å². The summed E-state index contributed by atoms with van der Waals surface area (Å²) < 4.78 is 0. The van der Waals surface area contributed by atoms with E-state index in [-0.39, 0.29) is 24.1 Å². The number of carbonyl (C=O) groups is 1. The molecular formula is C21H26N2O2. The summed E-state index contributed by atoms with van der Waals surface area (Å²) in [6, 6.07) is 19.4. The molecule has 1 fully saturated rings. The Bertz CT molecular complexity index is 673. The molecule has 2 aromatic carbocycles. The van der Waals surface area contributed by atoms with E-state index in [4.69, 9.17) is 0 Å². The molecule has 0 bridgehead atoms. The van der Waals surface area contributed by atoms with Crippen LogP contribution in [0.15, 0.2) is 60.7 Å². The highest BCUT2D eigenvalue weighted by Crippen LogP contribution is 2.32. The number of anilines is 1. The van der Waals surface area contributed by atoms with E-state index >= 15 is 0 Å². The molecule has 25 heavy (non-hydrogen) atoms. The van der Waals surface area contributed by atoms with E-state index in [2.05, 4.69) is 10.2 Å². The number of amides is 1. The van der Waals surface area contributed by atoms with Crippen molar-refractivity contribution in [2.45, 2.75) is 44.4 Å². The number of carbonyl (C=O) groups excluding carboxylic acids is 1. The average Bonchev–Trinajstić information content (AvgIpc) is 3.04. The van der Waals surface area contributed by atoms with Gasteiger partial charge in [0.05, 0.1) is 6.10 Å². The lowest BCUT2D eigenvalue weighted by atomic mass is 10.0. The van der Waals surface area contributed by atoms with E-state index in [0.29, 0.717) is 6.42 Å². The van der Waals surface area contributed by atoms with E-state index in [9.17, 15) is 9.90 Å². The van der Waals surface area contributed by atoms with E-state index in [1.54, 1.807) is 0 Å². The molecule has 0 saturated carbocycles. The largest absolute Gasteiger partial charge is 0.393 e. The van der Waals surface area contributed by atoms with Gasteiger partial charge < -0.3 is 10.4 Å². The number of nitrogens with zero attached hydrogens (tertiary/aromatic N) is 1. The molecule has 3 rings (SSSR count). The Morgan fingerprint density at radius 2 is 1.80 bits per heavy atom. The molecule has 0 aromatic heterocycles. The molecule has 4 nitrogen and oxygen atoms in total. The number of aliphatic hydroxyl groups excluding tert-OH is 1. The summed E-state index contributed by atoms with van der Waals surface area (Å²) in [4.78, 5) is 15.4. The third kappa shape index (κ3) is 4.47. The Kier molecular flexibility index (Phi) is 5.84. The molecule has 132 valence electrons. The van der Waals surface area contributed by atoms with Crippen LogP contribution in [0.5, 0.6) is 0 Å². The van der Waals surface area contributed by atoms with Crippen LogP contribution in [0.25, 0.3) is 0 Å². The molecular weight excluding hydrogens is 312 g/mol. The lowest BCUT2D eigenvalue weighted by molar-refractivity contribution is -0.122. The van der Waals surface area contributed by atoms with Gasteiger partial charge in [0.25, 0.3) is 0 Å². The third-order valence-electron chi connectivity index (χ3n) is 4.77. The minimum absolute atomic E-state index is 0.0186. The Morgan fingerprint density at radius 3 is 2.44 bits per heavy atom. The first kappa shape index (κ1) is 17.6. The Labute approximate surface area is 149 Å². The standard InChI is InChI=1S/C21H26N2O2/c1-16(24)15-19-13-8-14-23(19)20(17-9-4-2-5-10-17)21(25)22-18-11-6-3-7-12-18/h2-7,9-12,16,19-20,24H,8,13-15H2,1H3,(H,22,25).